The molecule has 2 N–H and O–H groups in total. The molecule has 5 heteroatoms. The minimum absolute atomic E-state index is 0.0671. The van der Waals surface area contributed by atoms with Crippen LogP contribution in [0.15, 0.2) is 18.2 Å². The van der Waals surface area contributed by atoms with E-state index in [2.05, 4.69) is 29.4 Å². The fourth-order valence-electron chi connectivity index (χ4n) is 2.60. The van der Waals surface area contributed by atoms with Crippen LogP contribution < -0.4 is 15.5 Å². The Hall–Kier alpha value is -1.26. The maximum atomic E-state index is 11.7. The van der Waals surface area contributed by atoms with Gasteiger partial charge < -0.3 is 15.5 Å². The number of amides is 1. The van der Waals surface area contributed by atoms with Crippen molar-refractivity contribution in [2.45, 2.75) is 32.9 Å². The average Bonchev–Trinajstić information content (AvgIpc) is 2.42. The van der Waals surface area contributed by atoms with Gasteiger partial charge in [0.25, 0.3) is 0 Å². The van der Waals surface area contributed by atoms with Gasteiger partial charge in [-0.2, -0.15) is 0 Å². The molecule has 1 aromatic rings. The quantitative estimate of drug-likeness (QED) is 0.896. The van der Waals surface area contributed by atoms with E-state index < -0.39 is 0 Å². The number of carbonyl (C=O) groups is 1. The van der Waals surface area contributed by atoms with E-state index in [1.54, 1.807) is 0 Å². The molecular formula is C15H22ClN3O. The molecule has 1 aliphatic rings. The second kappa shape index (κ2) is 6.46. The summed E-state index contributed by atoms with van der Waals surface area (Å²) in [4.78, 5) is 13.8. The van der Waals surface area contributed by atoms with Crippen molar-refractivity contribution >= 4 is 23.2 Å². The smallest absolute Gasteiger partial charge is 0.242 e. The van der Waals surface area contributed by atoms with E-state index in [1.165, 1.54) is 0 Å². The largest absolute Gasteiger partial charge is 0.358 e. The van der Waals surface area contributed by atoms with E-state index in [0.29, 0.717) is 6.54 Å². The van der Waals surface area contributed by atoms with Crippen molar-refractivity contribution < 1.29 is 4.79 Å². The van der Waals surface area contributed by atoms with Gasteiger partial charge in [-0.1, -0.05) is 24.6 Å². The lowest BCUT2D eigenvalue weighted by Gasteiger charge is -2.35. The highest BCUT2D eigenvalue weighted by atomic mass is 35.5. The topological polar surface area (TPSA) is 44.4 Å². The first-order valence-corrected chi connectivity index (χ1v) is 7.49. The van der Waals surface area contributed by atoms with Gasteiger partial charge in [-0.3, -0.25) is 4.79 Å². The number of halogens is 1. The number of hydrogen-bond donors (Lipinski definition) is 2. The summed E-state index contributed by atoms with van der Waals surface area (Å²) >= 11 is 6.40. The fourth-order valence-corrected chi connectivity index (χ4v) is 2.94. The average molecular weight is 296 g/mol. The summed E-state index contributed by atoms with van der Waals surface area (Å²) < 4.78 is 0. The third kappa shape index (κ3) is 3.07. The van der Waals surface area contributed by atoms with Crippen molar-refractivity contribution in [3.05, 3.63) is 28.8 Å². The van der Waals surface area contributed by atoms with Crippen LogP contribution in [-0.4, -0.2) is 31.6 Å². The first kappa shape index (κ1) is 15.1. The van der Waals surface area contributed by atoms with Gasteiger partial charge in [-0.25, -0.2) is 0 Å². The van der Waals surface area contributed by atoms with Gasteiger partial charge >= 0.3 is 0 Å². The summed E-state index contributed by atoms with van der Waals surface area (Å²) in [7, 11) is 0. The molecule has 20 heavy (non-hydrogen) atoms. The number of piperazine rings is 1. The molecule has 2 rings (SSSR count). The second-order valence-corrected chi connectivity index (χ2v) is 5.55. The Kier molecular flexibility index (Phi) is 4.89. The van der Waals surface area contributed by atoms with Crippen molar-refractivity contribution in [3.63, 3.8) is 0 Å². The number of nitrogens with one attached hydrogen (secondary N) is 2. The van der Waals surface area contributed by atoms with Crippen molar-refractivity contribution in [2.24, 2.45) is 0 Å². The molecule has 1 heterocycles. The van der Waals surface area contributed by atoms with Gasteiger partial charge in [0.1, 0.15) is 6.04 Å². The minimum atomic E-state index is -0.156. The van der Waals surface area contributed by atoms with E-state index >= 15 is 0 Å². The van der Waals surface area contributed by atoms with Crippen LogP contribution >= 0.6 is 11.6 Å². The Balaban J connectivity index is 2.22. The molecule has 0 radical (unpaired) electrons. The summed E-state index contributed by atoms with van der Waals surface area (Å²) in [5, 5.41) is 6.97. The maximum absolute atomic E-state index is 11.7. The SMILES string of the molecule is CCNC(C)c1ccc(N2CCNC(=O)C2C)cc1Cl. The summed E-state index contributed by atoms with van der Waals surface area (Å²) in [5.41, 5.74) is 2.09. The molecule has 1 fully saturated rings. The monoisotopic (exact) mass is 295 g/mol. The molecular weight excluding hydrogens is 274 g/mol. The molecule has 1 saturated heterocycles. The minimum Gasteiger partial charge on any atom is -0.358 e. The summed E-state index contributed by atoms with van der Waals surface area (Å²) in [6, 6.07) is 6.12. The molecule has 2 unspecified atom stereocenters. The molecule has 0 aliphatic carbocycles. The summed E-state index contributed by atoms with van der Waals surface area (Å²) in [6.07, 6.45) is 0. The molecule has 1 amide bonds. The van der Waals surface area contributed by atoms with Crippen LogP contribution in [0.2, 0.25) is 5.02 Å². The Bertz CT molecular complexity index is 492. The van der Waals surface area contributed by atoms with Crippen LogP contribution in [-0.2, 0) is 4.79 Å². The van der Waals surface area contributed by atoms with Crippen molar-refractivity contribution in [1.29, 1.82) is 0 Å². The van der Waals surface area contributed by atoms with Crippen molar-refractivity contribution in [3.8, 4) is 0 Å². The van der Waals surface area contributed by atoms with Gasteiger partial charge in [0.15, 0.2) is 0 Å². The zero-order chi connectivity index (χ0) is 14.7. The number of hydrogen-bond acceptors (Lipinski definition) is 3. The highest BCUT2D eigenvalue weighted by Gasteiger charge is 2.26. The van der Waals surface area contributed by atoms with Crippen molar-refractivity contribution in [1.82, 2.24) is 10.6 Å². The first-order valence-electron chi connectivity index (χ1n) is 7.11. The second-order valence-electron chi connectivity index (χ2n) is 5.15. The van der Waals surface area contributed by atoms with E-state index in [9.17, 15) is 4.79 Å². The van der Waals surface area contributed by atoms with Gasteiger partial charge in [-0.05, 0) is 38.1 Å². The van der Waals surface area contributed by atoms with Crippen LogP contribution in [0.4, 0.5) is 5.69 Å². The van der Waals surface area contributed by atoms with Gasteiger partial charge in [0.2, 0.25) is 5.91 Å². The Morgan fingerprint density at radius 3 is 2.95 bits per heavy atom. The normalized spacial score (nSPS) is 20.7. The lowest BCUT2D eigenvalue weighted by atomic mass is 10.1. The fraction of sp³-hybridized carbons (Fsp3) is 0.533. The van der Waals surface area contributed by atoms with Crippen LogP contribution in [0.3, 0.4) is 0 Å². The predicted octanol–water partition coefficient (Wildman–Crippen LogP) is 2.34. The summed E-state index contributed by atoms with van der Waals surface area (Å²) in [5.74, 6) is 0.0671. The first-order chi connectivity index (χ1) is 9.54. The molecule has 1 aromatic carbocycles. The number of rotatable bonds is 4. The van der Waals surface area contributed by atoms with Crippen molar-refractivity contribution in [2.75, 3.05) is 24.5 Å². The molecule has 0 bridgehead atoms. The number of anilines is 1. The standard InChI is InChI=1S/C15H22ClN3O/c1-4-17-10(2)13-6-5-12(9-14(13)16)19-8-7-18-15(20)11(19)3/h5-6,9-11,17H,4,7-8H2,1-3H3,(H,18,20). The van der Waals surface area contributed by atoms with Crippen LogP contribution in [0, 0.1) is 0 Å². The van der Waals surface area contributed by atoms with E-state index in [1.807, 2.05) is 25.1 Å². The Labute approximate surface area is 125 Å². The zero-order valence-electron chi connectivity index (χ0n) is 12.2. The third-order valence-electron chi connectivity index (χ3n) is 3.79. The maximum Gasteiger partial charge on any atom is 0.242 e. The highest BCUT2D eigenvalue weighted by Crippen LogP contribution is 2.29. The number of benzene rings is 1. The predicted molar refractivity (Wildman–Crippen MR) is 83.4 cm³/mol. The highest BCUT2D eigenvalue weighted by molar-refractivity contribution is 6.31. The Morgan fingerprint density at radius 1 is 1.55 bits per heavy atom. The number of carbonyl (C=O) groups excluding carboxylic acids is 1. The molecule has 2 atom stereocenters. The van der Waals surface area contributed by atoms with Crippen LogP contribution in [0.25, 0.3) is 0 Å². The van der Waals surface area contributed by atoms with E-state index in [-0.39, 0.29) is 18.0 Å². The van der Waals surface area contributed by atoms with Crippen LogP contribution in [0.1, 0.15) is 32.4 Å². The van der Waals surface area contributed by atoms with E-state index in [4.69, 9.17) is 11.6 Å². The molecule has 0 aromatic heterocycles. The molecule has 110 valence electrons. The lowest BCUT2D eigenvalue weighted by molar-refractivity contribution is -0.122. The van der Waals surface area contributed by atoms with Gasteiger partial charge in [0.05, 0.1) is 0 Å². The molecule has 4 nitrogen and oxygen atoms in total. The molecule has 1 aliphatic heterocycles. The lowest BCUT2D eigenvalue weighted by Crippen LogP contribution is -2.54. The van der Waals surface area contributed by atoms with Gasteiger partial charge in [0, 0.05) is 29.8 Å². The zero-order valence-corrected chi connectivity index (χ0v) is 13.0. The van der Waals surface area contributed by atoms with Crippen LogP contribution in [0.5, 0.6) is 0 Å². The molecule has 0 spiro atoms. The number of nitrogens with zero attached hydrogens (tertiary/aromatic N) is 1. The van der Waals surface area contributed by atoms with Gasteiger partial charge in [-0.15, -0.1) is 0 Å². The molecule has 0 saturated carbocycles. The third-order valence-corrected chi connectivity index (χ3v) is 4.12. The van der Waals surface area contributed by atoms with E-state index in [0.717, 1.165) is 29.4 Å². The summed E-state index contributed by atoms with van der Waals surface area (Å²) in [6.45, 7) is 8.48. The Morgan fingerprint density at radius 2 is 2.30 bits per heavy atom.